The average Bonchev–Trinajstić information content (AvgIpc) is 2.79. The lowest BCUT2D eigenvalue weighted by molar-refractivity contribution is -0.130. The normalized spacial score (nSPS) is 15.1. The SMILES string of the molecule is O=C1CCN(C(=O)c2cccc(F)c2F)CCN1Cc1cccc(Cl)c1. The van der Waals surface area contributed by atoms with Gasteiger partial charge in [0, 0.05) is 37.6 Å². The summed E-state index contributed by atoms with van der Waals surface area (Å²) >= 11 is 5.97. The van der Waals surface area contributed by atoms with Crippen molar-refractivity contribution in [3.63, 3.8) is 0 Å². The van der Waals surface area contributed by atoms with E-state index >= 15 is 0 Å². The second kappa shape index (κ2) is 7.83. The highest BCUT2D eigenvalue weighted by atomic mass is 35.5. The van der Waals surface area contributed by atoms with Gasteiger partial charge in [0.05, 0.1) is 5.56 Å². The van der Waals surface area contributed by atoms with E-state index in [-0.39, 0.29) is 31.0 Å². The van der Waals surface area contributed by atoms with Crippen LogP contribution in [-0.4, -0.2) is 41.2 Å². The summed E-state index contributed by atoms with van der Waals surface area (Å²) in [6, 6.07) is 10.7. The third-order valence-corrected chi connectivity index (χ3v) is 4.55. The Morgan fingerprint density at radius 1 is 1.08 bits per heavy atom. The molecule has 0 saturated carbocycles. The van der Waals surface area contributed by atoms with Crippen LogP contribution in [0.3, 0.4) is 0 Å². The van der Waals surface area contributed by atoms with Crippen molar-refractivity contribution < 1.29 is 18.4 Å². The van der Waals surface area contributed by atoms with Gasteiger partial charge in [-0.25, -0.2) is 8.78 Å². The summed E-state index contributed by atoms with van der Waals surface area (Å²) in [7, 11) is 0. The standard InChI is InChI=1S/C19H17ClF2N2O2/c20-14-4-1-3-13(11-14)12-24-10-9-23(8-7-17(24)25)19(26)15-5-2-6-16(21)18(15)22/h1-6,11H,7-10,12H2. The highest BCUT2D eigenvalue weighted by Gasteiger charge is 2.26. The first-order valence-corrected chi connectivity index (χ1v) is 8.59. The van der Waals surface area contributed by atoms with Crippen molar-refractivity contribution in [3.05, 3.63) is 70.2 Å². The minimum atomic E-state index is -1.16. The Hall–Kier alpha value is -2.47. The number of amides is 2. The van der Waals surface area contributed by atoms with E-state index in [4.69, 9.17) is 11.6 Å². The van der Waals surface area contributed by atoms with Gasteiger partial charge in [0.2, 0.25) is 5.91 Å². The Kier molecular flexibility index (Phi) is 5.52. The van der Waals surface area contributed by atoms with Crippen LogP contribution in [0.25, 0.3) is 0 Å². The van der Waals surface area contributed by atoms with Gasteiger partial charge >= 0.3 is 0 Å². The molecule has 0 spiro atoms. The molecule has 0 bridgehead atoms. The molecule has 7 heteroatoms. The highest BCUT2D eigenvalue weighted by Crippen LogP contribution is 2.18. The van der Waals surface area contributed by atoms with Crippen LogP contribution in [0.4, 0.5) is 8.78 Å². The van der Waals surface area contributed by atoms with Crippen molar-refractivity contribution in [2.75, 3.05) is 19.6 Å². The molecule has 0 atom stereocenters. The molecule has 0 N–H and O–H groups in total. The molecule has 3 rings (SSSR count). The predicted molar refractivity (Wildman–Crippen MR) is 93.7 cm³/mol. The average molecular weight is 379 g/mol. The van der Waals surface area contributed by atoms with Gasteiger partial charge in [0.25, 0.3) is 5.91 Å². The van der Waals surface area contributed by atoms with Gasteiger partial charge in [-0.2, -0.15) is 0 Å². The number of carbonyl (C=O) groups is 2. The number of hydrogen-bond acceptors (Lipinski definition) is 2. The van der Waals surface area contributed by atoms with Crippen LogP contribution in [0.1, 0.15) is 22.3 Å². The second-order valence-electron chi connectivity index (χ2n) is 6.09. The first-order chi connectivity index (χ1) is 12.5. The summed E-state index contributed by atoms with van der Waals surface area (Å²) in [5.74, 6) is -2.94. The third-order valence-electron chi connectivity index (χ3n) is 4.32. The molecule has 0 aromatic heterocycles. The fraction of sp³-hybridized carbons (Fsp3) is 0.263. The van der Waals surface area contributed by atoms with E-state index in [1.807, 2.05) is 12.1 Å². The first kappa shape index (κ1) is 18.3. The van der Waals surface area contributed by atoms with Gasteiger partial charge in [0.15, 0.2) is 11.6 Å². The van der Waals surface area contributed by atoms with Gasteiger partial charge < -0.3 is 9.80 Å². The molecule has 2 aromatic carbocycles. The molecule has 26 heavy (non-hydrogen) atoms. The molecule has 1 heterocycles. The van der Waals surface area contributed by atoms with Gasteiger partial charge in [-0.05, 0) is 29.8 Å². The Morgan fingerprint density at radius 3 is 2.62 bits per heavy atom. The van der Waals surface area contributed by atoms with Crippen molar-refractivity contribution in [1.82, 2.24) is 9.80 Å². The molecule has 1 aliphatic rings. The lowest BCUT2D eigenvalue weighted by atomic mass is 10.1. The molecular weight excluding hydrogens is 362 g/mol. The minimum Gasteiger partial charge on any atom is -0.337 e. The number of halogens is 3. The molecule has 136 valence electrons. The molecule has 0 radical (unpaired) electrons. The first-order valence-electron chi connectivity index (χ1n) is 8.21. The van der Waals surface area contributed by atoms with E-state index in [9.17, 15) is 18.4 Å². The summed E-state index contributed by atoms with van der Waals surface area (Å²) in [5.41, 5.74) is 0.572. The Balaban J connectivity index is 1.71. The molecule has 4 nitrogen and oxygen atoms in total. The third kappa shape index (κ3) is 4.02. The number of benzene rings is 2. The zero-order chi connectivity index (χ0) is 18.7. The number of rotatable bonds is 3. The summed E-state index contributed by atoms with van der Waals surface area (Å²) in [6.07, 6.45) is 0.128. The van der Waals surface area contributed by atoms with Crippen LogP contribution in [0, 0.1) is 11.6 Å². The van der Waals surface area contributed by atoms with Gasteiger partial charge in [-0.3, -0.25) is 9.59 Å². The van der Waals surface area contributed by atoms with E-state index in [0.717, 1.165) is 11.6 Å². The van der Waals surface area contributed by atoms with Crippen molar-refractivity contribution in [2.45, 2.75) is 13.0 Å². The summed E-state index contributed by atoms with van der Waals surface area (Å²) in [5, 5.41) is 0.586. The summed E-state index contributed by atoms with van der Waals surface area (Å²) in [4.78, 5) is 27.9. The number of carbonyl (C=O) groups excluding carboxylic acids is 2. The van der Waals surface area contributed by atoms with Crippen LogP contribution in [0.2, 0.25) is 5.02 Å². The maximum atomic E-state index is 13.9. The molecule has 2 amide bonds. The quantitative estimate of drug-likeness (QED) is 0.820. The summed E-state index contributed by atoms with van der Waals surface area (Å²) < 4.78 is 27.2. The van der Waals surface area contributed by atoms with Crippen LogP contribution in [0.15, 0.2) is 42.5 Å². The minimum absolute atomic E-state index is 0.0972. The topological polar surface area (TPSA) is 40.6 Å². The van der Waals surface area contributed by atoms with Gasteiger partial charge in [0.1, 0.15) is 0 Å². The van der Waals surface area contributed by atoms with Gasteiger partial charge in [-0.15, -0.1) is 0 Å². The molecule has 2 aromatic rings. The van der Waals surface area contributed by atoms with Crippen molar-refractivity contribution in [3.8, 4) is 0 Å². The molecule has 0 unspecified atom stereocenters. The monoisotopic (exact) mass is 378 g/mol. The zero-order valence-electron chi connectivity index (χ0n) is 13.9. The van der Waals surface area contributed by atoms with E-state index in [1.165, 1.54) is 17.0 Å². The Morgan fingerprint density at radius 2 is 1.85 bits per heavy atom. The van der Waals surface area contributed by atoms with Crippen molar-refractivity contribution in [2.24, 2.45) is 0 Å². The number of hydrogen-bond donors (Lipinski definition) is 0. The van der Waals surface area contributed by atoms with Crippen molar-refractivity contribution in [1.29, 1.82) is 0 Å². The fourth-order valence-electron chi connectivity index (χ4n) is 2.93. The number of nitrogens with zero attached hydrogens (tertiary/aromatic N) is 2. The molecular formula is C19H17ClF2N2O2. The molecule has 0 aliphatic carbocycles. The van der Waals surface area contributed by atoms with E-state index in [0.29, 0.717) is 18.1 Å². The lowest BCUT2D eigenvalue weighted by Gasteiger charge is -2.22. The van der Waals surface area contributed by atoms with Crippen LogP contribution < -0.4 is 0 Å². The van der Waals surface area contributed by atoms with Crippen molar-refractivity contribution >= 4 is 23.4 Å². The second-order valence-corrected chi connectivity index (χ2v) is 6.53. The molecule has 1 aliphatic heterocycles. The molecule has 1 fully saturated rings. The van der Waals surface area contributed by atoms with E-state index in [1.54, 1.807) is 17.0 Å². The van der Waals surface area contributed by atoms with Crippen LogP contribution in [-0.2, 0) is 11.3 Å². The van der Waals surface area contributed by atoms with E-state index < -0.39 is 17.5 Å². The Bertz CT molecular complexity index is 844. The maximum absolute atomic E-state index is 13.9. The summed E-state index contributed by atoms with van der Waals surface area (Å²) in [6.45, 7) is 1.12. The zero-order valence-corrected chi connectivity index (χ0v) is 14.7. The predicted octanol–water partition coefficient (Wildman–Crippen LogP) is 3.49. The Labute approximate surface area is 155 Å². The fourth-order valence-corrected chi connectivity index (χ4v) is 3.14. The highest BCUT2D eigenvalue weighted by molar-refractivity contribution is 6.30. The van der Waals surface area contributed by atoms with Crippen LogP contribution in [0.5, 0.6) is 0 Å². The lowest BCUT2D eigenvalue weighted by Crippen LogP contribution is -2.36. The smallest absolute Gasteiger partial charge is 0.257 e. The van der Waals surface area contributed by atoms with Gasteiger partial charge in [-0.1, -0.05) is 29.8 Å². The maximum Gasteiger partial charge on any atom is 0.257 e. The van der Waals surface area contributed by atoms with E-state index in [2.05, 4.69) is 0 Å². The van der Waals surface area contributed by atoms with Crippen LogP contribution >= 0.6 is 11.6 Å². The largest absolute Gasteiger partial charge is 0.337 e. The molecule has 1 saturated heterocycles.